The molecule has 8 nitrogen and oxygen atoms in total. The molecule has 0 spiro atoms. The lowest BCUT2D eigenvalue weighted by molar-refractivity contribution is 0.385. The second-order valence-corrected chi connectivity index (χ2v) is 9.45. The zero-order chi connectivity index (χ0) is 25.2. The minimum Gasteiger partial charge on any atom is -0.381 e. The second-order valence-electron chi connectivity index (χ2n) is 9.45. The Bertz CT molecular complexity index is 1320. The van der Waals surface area contributed by atoms with Crippen LogP contribution in [0.4, 0.5) is 20.4 Å². The predicted octanol–water partition coefficient (Wildman–Crippen LogP) is 4.48. The van der Waals surface area contributed by atoms with Crippen molar-refractivity contribution >= 4 is 28.4 Å². The Kier molecular flexibility index (Phi) is 6.86. The van der Waals surface area contributed by atoms with E-state index >= 15 is 0 Å². The van der Waals surface area contributed by atoms with Crippen molar-refractivity contribution in [3.05, 3.63) is 48.2 Å². The summed E-state index contributed by atoms with van der Waals surface area (Å²) < 4.78 is 27.7. The number of amidine groups is 1. The molecule has 2 atom stereocenters. The molecule has 1 aliphatic heterocycles. The summed E-state index contributed by atoms with van der Waals surface area (Å²) in [7, 11) is 0. The van der Waals surface area contributed by atoms with Crippen LogP contribution in [0.5, 0.6) is 0 Å². The van der Waals surface area contributed by atoms with Crippen LogP contribution in [0.25, 0.3) is 22.3 Å². The number of rotatable bonds is 7. The van der Waals surface area contributed by atoms with Gasteiger partial charge >= 0.3 is 0 Å². The van der Waals surface area contributed by atoms with Crippen molar-refractivity contribution in [3.8, 4) is 11.4 Å². The van der Waals surface area contributed by atoms with Crippen molar-refractivity contribution < 1.29 is 8.78 Å². The van der Waals surface area contributed by atoms with E-state index in [4.69, 9.17) is 21.4 Å². The monoisotopic (exact) mass is 492 g/mol. The van der Waals surface area contributed by atoms with E-state index in [1.165, 1.54) is 11.8 Å². The van der Waals surface area contributed by atoms with Gasteiger partial charge in [0.1, 0.15) is 12.0 Å². The van der Waals surface area contributed by atoms with Crippen LogP contribution < -0.4 is 16.4 Å². The number of alkyl halides is 1. The van der Waals surface area contributed by atoms with Crippen LogP contribution >= 0.6 is 0 Å². The van der Waals surface area contributed by atoms with Gasteiger partial charge in [0.2, 0.25) is 0 Å². The molecule has 4 N–H and O–H groups in total. The minimum absolute atomic E-state index is 0.0860. The zero-order valence-electron chi connectivity index (χ0n) is 20.2. The smallest absolute Gasteiger partial charge is 0.164 e. The SMILES string of the molecule is CCC(F)/C=C(/F)C(N)=Nc1cc(-c2nc(N3CCCC(N)C3)c3c(C4CC4)cncc3n2)ccn1. The van der Waals surface area contributed by atoms with Crippen molar-refractivity contribution in [1.29, 1.82) is 0 Å². The molecule has 2 aliphatic rings. The van der Waals surface area contributed by atoms with E-state index < -0.39 is 17.8 Å². The highest BCUT2D eigenvalue weighted by Crippen LogP contribution is 2.45. The van der Waals surface area contributed by atoms with Gasteiger partial charge in [0, 0.05) is 42.5 Å². The number of halogens is 2. The number of piperidine rings is 1. The molecule has 3 aromatic rings. The minimum atomic E-state index is -1.43. The standard InChI is InChI=1S/C26H30F2N8/c1-2-17(27)11-20(28)24(30)34-22-10-16(7-8-32-22)25-33-21-13-31-12-19(15-5-6-15)23(21)26(35-25)36-9-3-4-18(29)14-36/h7-8,10-13,15,17-18H,2-6,9,14,29H2,1H3,(H2,30,32,34)/b20-11+. The molecule has 1 saturated carbocycles. The summed E-state index contributed by atoms with van der Waals surface area (Å²) in [6.45, 7) is 3.21. The molecule has 3 aromatic heterocycles. The summed E-state index contributed by atoms with van der Waals surface area (Å²) in [4.78, 5) is 24.7. The summed E-state index contributed by atoms with van der Waals surface area (Å²) in [5.41, 5.74) is 14.6. The van der Waals surface area contributed by atoms with Gasteiger partial charge in [-0.2, -0.15) is 0 Å². The van der Waals surface area contributed by atoms with Gasteiger partial charge in [0.25, 0.3) is 0 Å². The number of aromatic nitrogens is 4. The van der Waals surface area contributed by atoms with Crippen molar-refractivity contribution in [2.24, 2.45) is 16.5 Å². The number of anilines is 1. The first kappa shape index (κ1) is 24.2. The molecular weight excluding hydrogens is 462 g/mol. The Morgan fingerprint density at radius 1 is 1.28 bits per heavy atom. The number of nitrogens with two attached hydrogens (primary N) is 2. The first-order chi connectivity index (χ1) is 17.4. The Morgan fingerprint density at radius 3 is 2.86 bits per heavy atom. The molecule has 0 bridgehead atoms. The first-order valence-electron chi connectivity index (χ1n) is 12.4. The Hall–Kier alpha value is -3.53. The number of allylic oxidation sites excluding steroid dienone is 1. The maximum atomic E-state index is 14.2. The largest absolute Gasteiger partial charge is 0.381 e. The number of hydrogen-bond donors (Lipinski definition) is 2. The van der Waals surface area contributed by atoms with E-state index in [0.29, 0.717) is 17.3 Å². The van der Waals surface area contributed by atoms with Gasteiger partial charge in [-0.05, 0) is 61.8 Å². The van der Waals surface area contributed by atoms with E-state index in [0.717, 1.165) is 61.6 Å². The third-order valence-electron chi connectivity index (χ3n) is 6.59. The van der Waals surface area contributed by atoms with Crippen LogP contribution in [0.1, 0.15) is 50.5 Å². The van der Waals surface area contributed by atoms with Gasteiger partial charge in [-0.3, -0.25) is 4.98 Å². The topological polar surface area (TPSA) is 119 Å². The van der Waals surface area contributed by atoms with E-state index in [2.05, 4.69) is 19.9 Å². The van der Waals surface area contributed by atoms with E-state index in [1.807, 2.05) is 6.20 Å². The molecular formula is C26H30F2N8. The quantitative estimate of drug-likeness (QED) is 0.369. The Morgan fingerprint density at radius 2 is 2.11 bits per heavy atom. The van der Waals surface area contributed by atoms with E-state index in [1.54, 1.807) is 25.3 Å². The maximum absolute atomic E-state index is 14.2. The van der Waals surface area contributed by atoms with E-state index in [9.17, 15) is 8.78 Å². The van der Waals surface area contributed by atoms with Gasteiger partial charge < -0.3 is 16.4 Å². The predicted molar refractivity (Wildman–Crippen MR) is 138 cm³/mol. The highest BCUT2D eigenvalue weighted by molar-refractivity contribution is 5.97. The third-order valence-corrected chi connectivity index (χ3v) is 6.59. The summed E-state index contributed by atoms with van der Waals surface area (Å²) in [5.74, 6) is 0.651. The van der Waals surface area contributed by atoms with Crippen molar-refractivity contribution in [1.82, 2.24) is 19.9 Å². The lowest BCUT2D eigenvalue weighted by Gasteiger charge is -2.33. The average molecular weight is 493 g/mol. The zero-order valence-corrected chi connectivity index (χ0v) is 20.2. The molecule has 1 saturated heterocycles. The number of pyridine rings is 2. The molecule has 10 heteroatoms. The molecule has 1 aliphatic carbocycles. The van der Waals surface area contributed by atoms with Crippen LogP contribution in [-0.2, 0) is 0 Å². The number of nitrogens with zero attached hydrogens (tertiary/aromatic N) is 6. The Balaban J connectivity index is 1.57. The molecule has 36 heavy (non-hydrogen) atoms. The van der Waals surface area contributed by atoms with E-state index in [-0.39, 0.29) is 18.3 Å². The number of fused-ring (bicyclic) bond motifs is 1. The molecule has 188 valence electrons. The summed E-state index contributed by atoms with van der Waals surface area (Å²) >= 11 is 0. The lowest BCUT2D eigenvalue weighted by atomic mass is 10.0. The van der Waals surface area contributed by atoms with Crippen molar-refractivity contribution in [2.75, 3.05) is 18.0 Å². The van der Waals surface area contributed by atoms with Crippen molar-refractivity contribution in [2.45, 2.75) is 57.2 Å². The average Bonchev–Trinajstić information content (AvgIpc) is 3.73. The molecule has 0 radical (unpaired) electrons. The lowest BCUT2D eigenvalue weighted by Crippen LogP contribution is -2.43. The van der Waals surface area contributed by atoms with Crippen LogP contribution in [0.15, 0.2) is 47.6 Å². The number of aliphatic imine (C=N–C) groups is 1. The van der Waals surface area contributed by atoms with Gasteiger partial charge in [0.05, 0.1) is 11.7 Å². The summed E-state index contributed by atoms with van der Waals surface area (Å²) in [6, 6.07) is 3.49. The fraction of sp³-hybridized carbons (Fsp3) is 0.423. The normalized spacial score (nSPS) is 20.1. The van der Waals surface area contributed by atoms with Crippen LogP contribution in [-0.4, -0.2) is 51.1 Å². The third kappa shape index (κ3) is 5.18. The molecule has 2 fully saturated rings. The first-order valence-corrected chi connectivity index (χ1v) is 12.4. The number of hydrogen-bond acceptors (Lipinski definition) is 7. The highest BCUT2D eigenvalue weighted by atomic mass is 19.1. The Labute approximate surface area is 208 Å². The fourth-order valence-electron chi connectivity index (χ4n) is 4.51. The highest BCUT2D eigenvalue weighted by Gasteiger charge is 2.30. The molecule has 2 unspecified atom stereocenters. The molecule has 4 heterocycles. The van der Waals surface area contributed by atoms with Gasteiger partial charge in [-0.25, -0.2) is 28.7 Å². The summed E-state index contributed by atoms with van der Waals surface area (Å²) in [6.07, 6.45) is 9.03. The van der Waals surface area contributed by atoms with Crippen LogP contribution in [0.3, 0.4) is 0 Å². The fourth-order valence-corrected chi connectivity index (χ4v) is 4.51. The molecule has 0 amide bonds. The molecule has 5 rings (SSSR count). The van der Waals surface area contributed by atoms with Gasteiger partial charge in [-0.1, -0.05) is 6.92 Å². The van der Waals surface area contributed by atoms with Gasteiger partial charge in [0.15, 0.2) is 23.3 Å². The molecule has 0 aromatic carbocycles. The van der Waals surface area contributed by atoms with Gasteiger partial charge in [-0.15, -0.1) is 0 Å². The maximum Gasteiger partial charge on any atom is 0.164 e. The summed E-state index contributed by atoms with van der Waals surface area (Å²) in [5, 5.41) is 1.03. The second kappa shape index (κ2) is 10.2. The van der Waals surface area contributed by atoms with Crippen LogP contribution in [0, 0.1) is 0 Å². The van der Waals surface area contributed by atoms with Crippen LogP contribution in [0.2, 0.25) is 0 Å². The van der Waals surface area contributed by atoms with Crippen molar-refractivity contribution in [3.63, 3.8) is 0 Å².